The zero-order chi connectivity index (χ0) is 18.3. The number of rotatable bonds is 0. The van der Waals surface area contributed by atoms with Gasteiger partial charge in [-0.05, 0) is 50.6 Å². The summed E-state index contributed by atoms with van der Waals surface area (Å²) in [4.78, 5) is 9.13. The van der Waals surface area contributed by atoms with Gasteiger partial charge in [-0.3, -0.25) is 0 Å². The van der Waals surface area contributed by atoms with Crippen LogP contribution in [0.2, 0.25) is 0 Å². The summed E-state index contributed by atoms with van der Waals surface area (Å²) in [6.45, 7) is 7.14. The Kier molecular flexibility index (Phi) is 31.8. The van der Waals surface area contributed by atoms with Crippen LogP contribution in [0.3, 0.4) is 0 Å². The van der Waals surface area contributed by atoms with E-state index >= 15 is 0 Å². The fourth-order valence-electron chi connectivity index (χ4n) is 1.36. The van der Waals surface area contributed by atoms with Gasteiger partial charge in [0.2, 0.25) is 0 Å². The number of ether oxygens (including phenoxy) is 1. The molecule has 4 heterocycles. The summed E-state index contributed by atoms with van der Waals surface area (Å²) < 4.78 is 14.2. The number of aromatic hydroxyl groups is 1. The molecule has 3 aromatic heterocycles. The first kappa shape index (κ1) is 38.4. The third-order valence-corrected chi connectivity index (χ3v) is 2.92. The zero-order valence-electron chi connectivity index (χ0n) is 15.6. The molecule has 3 N–H and O–H groups in total. The van der Waals surface area contributed by atoms with E-state index in [0.717, 1.165) is 23.5 Å². The normalized spacial score (nSPS) is 9.90. The van der Waals surface area contributed by atoms with Crippen molar-refractivity contribution >= 4 is 14.2 Å². The summed E-state index contributed by atoms with van der Waals surface area (Å²) in [7, 11) is 0. The Balaban J connectivity index is -0.0000000899. The number of nitrogens with zero attached hydrogens (tertiary/aromatic N) is 1. The van der Waals surface area contributed by atoms with Crippen LogP contribution >= 0.6 is 0 Å². The number of carbonyl (C=O) groups excluding carboxylic acids is 1. The van der Waals surface area contributed by atoms with Gasteiger partial charge < -0.3 is 28.7 Å². The topological polar surface area (TPSA) is 98.4 Å². The van der Waals surface area contributed by atoms with Crippen molar-refractivity contribution in [3.63, 3.8) is 0 Å². The number of hydrogen-bond acceptors (Lipinski definition) is 4. The van der Waals surface area contributed by atoms with Gasteiger partial charge in [0.05, 0.1) is 5.76 Å². The number of ketones is 1. The van der Waals surface area contributed by atoms with Gasteiger partial charge in [0.1, 0.15) is 6.20 Å². The standard InChI is InChI=1S/C7H10O2.2C4H5N.C3H3NO2.3CH4.B.Y/c1-5-6(2)8-4-9-7(5)3;2*1-2-4-5-3-1;5-3-1-4-2-6-3;;;;;/h4H,1-3H3;2*1-5H;1-2,5H;3*1H4;;. The van der Waals surface area contributed by atoms with Crippen molar-refractivity contribution in [3.05, 3.63) is 79.8 Å². The molecule has 4 rings (SSSR count). The van der Waals surface area contributed by atoms with Crippen LogP contribution in [0.15, 0.2) is 77.4 Å². The molecule has 9 heteroatoms. The first-order valence-corrected chi connectivity index (χ1v) is 7.50. The molecule has 0 saturated carbocycles. The van der Waals surface area contributed by atoms with Crippen LogP contribution in [-0.2, 0) is 41.9 Å². The molecule has 0 aliphatic carbocycles. The van der Waals surface area contributed by atoms with E-state index in [2.05, 4.69) is 19.4 Å². The van der Waals surface area contributed by atoms with E-state index in [-0.39, 0.29) is 69.3 Å². The van der Waals surface area contributed by atoms with Crippen LogP contribution in [0.5, 0.6) is 5.95 Å². The molecular weight excluding hydrogens is 458 g/mol. The van der Waals surface area contributed by atoms with Crippen LogP contribution < -0.4 is 0 Å². The van der Waals surface area contributed by atoms with E-state index in [1.54, 1.807) is 0 Å². The van der Waals surface area contributed by atoms with E-state index in [1.165, 1.54) is 13.0 Å². The van der Waals surface area contributed by atoms with Gasteiger partial charge in [-0.1, -0.05) is 22.3 Å². The van der Waals surface area contributed by atoms with E-state index in [1.807, 2.05) is 69.8 Å². The number of oxazole rings is 1. The molecule has 7 nitrogen and oxygen atoms in total. The van der Waals surface area contributed by atoms with E-state index in [4.69, 9.17) is 14.3 Å². The molecule has 0 aromatic carbocycles. The molecule has 0 atom stereocenters. The summed E-state index contributed by atoms with van der Waals surface area (Å²) in [5.74, 6) is 1.69. The summed E-state index contributed by atoms with van der Waals surface area (Å²) in [6.07, 6.45) is 9.88. The summed E-state index contributed by atoms with van der Waals surface area (Å²) >= 11 is 0. The zero-order valence-corrected chi connectivity index (χ0v) is 18.5. The average Bonchev–Trinajstić information content (AvgIpc) is 3.39. The predicted molar refractivity (Wildman–Crippen MR) is 120 cm³/mol. The van der Waals surface area contributed by atoms with Gasteiger partial charge in [-0.25, -0.2) is 4.98 Å². The van der Waals surface area contributed by atoms with Gasteiger partial charge in [0.15, 0.2) is 12.2 Å². The molecule has 4 radical (unpaired) electrons. The molecule has 30 heavy (non-hydrogen) atoms. The van der Waals surface area contributed by atoms with Gasteiger partial charge in [-0.2, -0.15) is 0 Å². The van der Waals surface area contributed by atoms with Crippen LogP contribution in [0.4, 0.5) is 0 Å². The SMILES string of the molecule is C.C.C.CC1=[O+][CH-]OC(C)=C1C.Oc1cnco1.[B].[Y].c1cc[nH]c1.c1cc[nH]c1. The molecule has 164 valence electrons. The molecule has 0 spiro atoms. The van der Waals surface area contributed by atoms with E-state index < -0.39 is 0 Å². The third-order valence-electron chi connectivity index (χ3n) is 2.92. The van der Waals surface area contributed by atoms with Gasteiger partial charge in [0.25, 0.3) is 0 Å². The van der Waals surface area contributed by atoms with E-state index in [9.17, 15) is 0 Å². The minimum atomic E-state index is -0.144. The first-order chi connectivity index (χ1) is 12.1. The molecule has 3 aromatic rings. The van der Waals surface area contributed by atoms with Crippen LogP contribution in [0.1, 0.15) is 43.1 Å². The van der Waals surface area contributed by atoms with Crippen molar-refractivity contribution < 1.29 is 51.4 Å². The average molecular weight is 493 g/mol. The van der Waals surface area contributed by atoms with Gasteiger partial charge in [-0.15, -0.1) is 0 Å². The maximum atomic E-state index is 8.24. The summed E-state index contributed by atoms with van der Waals surface area (Å²) in [6, 6.07) is 7.78. The molecule has 0 fully saturated rings. The summed E-state index contributed by atoms with van der Waals surface area (Å²) in [5, 5.41) is 8.24. The molecule has 0 unspecified atom stereocenters. The van der Waals surface area contributed by atoms with Crippen molar-refractivity contribution in [1.82, 2.24) is 15.0 Å². The van der Waals surface area contributed by atoms with Crippen LogP contribution in [0, 0.1) is 6.79 Å². The molecular formula is C21H35BN3O4Y. The first-order valence-electron chi connectivity index (χ1n) is 7.50. The largest absolute Gasteiger partial charge is 0.481 e. The molecule has 0 saturated heterocycles. The second-order valence-electron chi connectivity index (χ2n) is 4.68. The maximum Gasteiger partial charge on any atom is 0.332 e. The number of hydrogen-bond donors (Lipinski definition) is 3. The van der Waals surface area contributed by atoms with Gasteiger partial charge in [0, 0.05) is 65.9 Å². The number of allylic oxidation sites excluding steroid dienone is 2. The van der Waals surface area contributed by atoms with Gasteiger partial charge >= 0.3 is 12.7 Å². The van der Waals surface area contributed by atoms with Crippen molar-refractivity contribution in [1.29, 1.82) is 0 Å². The van der Waals surface area contributed by atoms with Crippen molar-refractivity contribution in [2.24, 2.45) is 0 Å². The Morgan fingerprint density at radius 1 is 0.933 bits per heavy atom. The summed E-state index contributed by atoms with van der Waals surface area (Å²) in [5.41, 5.74) is 1.08. The van der Waals surface area contributed by atoms with Crippen LogP contribution in [0.25, 0.3) is 0 Å². The molecule has 1 aliphatic heterocycles. The maximum absolute atomic E-state index is 8.24. The van der Waals surface area contributed by atoms with E-state index in [0.29, 0.717) is 0 Å². The second-order valence-corrected chi connectivity index (χ2v) is 4.68. The number of aromatic nitrogens is 3. The molecule has 1 aliphatic rings. The molecule has 0 amide bonds. The quantitative estimate of drug-likeness (QED) is 0.219. The van der Waals surface area contributed by atoms with Crippen molar-refractivity contribution in [2.75, 3.05) is 0 Å². The number of nitrogens with one attached hydrogen (secondary N) is 2. The Hall–Kier alpha value is -2.18. The smallest absolute Gasteiger partial charge is 0.332 e. The Morgan fingerprint density at radius 3 is 1.60 bits per heavy atom. The Labute approximate surface area is 208 Å². The fourth-order valence-corrected chi connectivity index (χ4v) is 1.36. The number of H-pyrrole nitrogens is 2. The van der Waals surface area contributed by atoms with Crippen LogP contribution in [-0.4, -0.2) is 34.3 Å². The monoisotopic (exact) mass is 493 g/mol. The predicted octanol–water partition coefficient (Wildman–Crippen LogP) is 5.49. The van der Waals surface area contributed by atoms with Crippen molar-refractivity contribution in [2.45, 2.75) is 43.1 Å². The van der Waals surface area contributed by atoms with Crippen molar-refractivity contribution in [3.8, 4) is 5.95 Å². The minimum absolute atomic E-state index is 0. The third kappa shape index (κ3) is 19.1. The Morgan fingerprint density at radius 2 is 1.40 bits per heavy atom. The Bertz CT molecular complexity index is 653. The molecule has 0 bridgehead atoms. The fraction of sp³-hybridized carbons (Fsp3) is 0.286. The minimum Gasteiger partial charge on any atom is -0.481 e. The number of aromatic amines is 2. The second kappa shape index (κ2) is 24.9.